The largest absolute Gasteiger partial charge is 0.376 e. The first-order valence-electron chi connectivity index (χ1n) is 8.54. The molecule has 2 aromatic rings. The highest BCUT2D eigenvalue weighted by molar-refractivity contribution is 5.92. The van der Waals surface area contributed by atoms with Gasteiger partial charge in [0, 0.05) is 6.54 Å². The Kier molecular flexibility index (Phi) is 5.25. The summed E-state index contributed by atoms with van der Waals surface area (Å²) in [7, 11) is 0. The fourth-order valence-corrected chi connectivity index (χ4v) is 3.18. The lowest BCUT2D eigenvalue weighted by Crippen LogP contribution is -2.33. The lowest BCUT2D eigenvalue weighted by atomic mass is 9.88. The molecular weight excluding hydrogens is 306 g/mol. The van der Waals surface area contributed by atoms with Crippen molar-refractivity contribution in [1.29, 1.82) is 0 Å². The zero-order valence-electron chi connectivity index (χ0n) is 13.9. The Morgan fingerprint density at radius 3 is 2.96 bits per heavy atom. The molecule has 24 heavy (non-hydrogen) atoms. The van der Waals surface area contributed by atoms with Crippen molar-refractivity contribution in [2.75, 3.05) is 13.2 Å². The maximum Gasteiger partial charge on any atom is 0.287 e. The Labute approximate surface area is 140 Å². The minimum atomic E-state index is -0.391. The summed E-state index contributed by atoms with van der Waals surface area (Å²) in [6, 6.07) is 6.95. The standard InChI is InChI=1S/C18H23N3O3/c1-12-6-2-5-9-15(12)24-11-10-19-18(23)16-20-14-8-4-3-7-13(14)17(22)21-16/h3-4,7-8,12,15H,2,5-6,9-11H2,1H3,(H,19,23)(H,20,21,22)/t12-,15+/m0/s1. The van der Waals surface area contributed by atoms with Crippen LogP contribution in [-0.4, -0.2) is 35.1 Å². The molecule has 6 heteroatoms. The summed E-state index contributed by atoms with van der Waals surface area (Å²) in [5, 5.41) is 3.22. The molecule has 1 aromatic carbocycles. The van der Waals surface area contributed by atoms with Gasteiger partial charge in [-0.25, -0.2) is 4.98 Å². The normalized spacial score (nSPS) is 20.9. The van der Waals surface area contributed by atoms with Gasteiger partial charge in [0.2, 0.25) is 0 Å². The Morgan fingerprint density at radius 2 is 2.12 bits per heavy atom. The van der Waals surface area contributed by atoms with Crippen LogP contribution in [0.4, 0.5) is 0 Å². The quantitative estimate of drug-likeness (QED) is 0.824. The monoisotopic (exact) mass is 329 g/mol. The molecule has 0 bridgehead atoms. The second-order valence-corrected chi connectivity index (χ2v) is 6.36. The molecule has 0 unspecified atom stereocenters. The molecule has 128 valence electrons. The molecule has 1 saturated carbocycles. The molecule has 1 fully saturated rings. The van der Waals surface area contributed by atoms with E-state index in [1.165, 1.54) is 19.3 Å². The number of nitrogens with zero attached hydrogens (tertiary/aromatic N) is 1. The van der Waals surface area contributed by atoms with Gasteiger partial charge >= 0.3 is 0 Å². The molecule has 0 radical (unpaired) electrons. The minimum Gasteiger partial charge on any atom is -0.376 e. The predicted molar refractivity (Wildman–Crippen MR) is 92.1 cm³/mol. The predicted octanol–water partition coefficient (Wildman–Crippen LogP) is 2.25. The number of hydrogen-bond donors (Lipinski definition) is 2. The maximum absolute atomic E-state index is 12.2. The summed E-state index contributed by atoms with van der Waals surface area (Å²) in [4.78, 5) is 30.9. The number of benzene rings is 1. The SMILES string of the molecule is C[C@H]1CCCC[C@H]1OCCNC(=O)c1nc2ccccc2c(=O)[nH]1. The van der Waals surface area contributed by atoms with Crippen molar-refractivity contribution >= 4 is 16.8 Å². The van der Waals surface area contributed by atoms with Crippen LogP contribution in [0.15, 0.2) is 29.1 Å². The highest BCUT2D eigenvalue weighted by Gasteiger charge is 2.21. The first kappa shape index (κ1) is 16.6. The highest BCUT2D eigenvalue weighted by atomic mass is 16.5. The van der Waals surface area contributed by atoms with Gasteiger partial charge in [0.25, 0.3) is 11.5 Å². The van der Waals surface area contributed by atoms with E-state index >= 15 is 0 Å². The lowest BCUT2D eigenvalue weighted by molar-refractivity contribution is -0.00296. The number of ether oxygens (including phenoxy) is 1. The molecule has 0 spiro atoms. The van der Waals surface area contributed by atoms with Gasteiger partial charge < -0.3 is 15.0 Å². The molecule has 2 N–H and O–H groups in total. The zero-order valence-corrected chi connectivity index (χ0v) is 13.9. The van der Waals surface area contributed by atoms with Gasteiger partial charge in [-0.3, -0.25) is 9.59 Å². The molecule has 0 aliphatic heterocycles. The molecule has 1 amide bonds. The van der Waals surface area contributed by atoms with E-state index in [0.717, 1.165) is 6.42 Å². The van der Waals surface area contributed by atoms with Crippen LogP contribution in [0.2, 0.25) is 0 Å². The van der Waals surface area contributed by atoms with Crippen molar-refractivity contribution in [3.05, 3.63) is 40.4 Å². The molecule has 6 nitrogen and oxygen atoms in total. The first-order valence-corrected chi connectivity index (χ1v) is 8.54. The number of aromatic amines is 1. The summed E-state index contributed by atoms with van der Waals surface area (Å²) in [5.74, 6) is 0.218. The van der Waals surface area contributed by atoms with Crippen LogP contribution < -0.4 is 10.9 Å². The smallest absolute Gasteiger partial charge is 0.287 e. The molecule has 2 atom stereocenters. The number of H-pyrrole nitrogens is 1. The summed E-state index contributed by atoms with van der Waals surface area (Å²) in [6.07, 6.45) is 5.07. The molecule has 1 aliphatic carbocycles. The molecular formula is C18H23N3O3. The first-order chi connectivity index (χ1) is 11.6. The third-order valence-corrected chi connectivity index (χ3v) is 4.58. The average Bonchev–Trinajstić information content (AvgIpc) is 2.60. The highest BCUT2D eigenvalue weighted by Crippen LogP contribution is 2.25. The topological polar surface area (TPSA) is 84.1 Å². The molecule has 3 rings (SSSR count). The Balaban J connectivity index is 1.54. The number of carbonyl (C=O) groups is 1. The number of rotatable bonds is 5. The summed E-state index contributed by atoms with van der Waals surface area (Å²) in [6.45, 7) is 3.09. The maximum atomic E-state index is 12.2. The second-order valence-electron chi connectivity index (χ2n) is 6.36. The zero-order chi connectivity index (χ0) is 16.9. The number of amides is 1. The van der Waals surface area contributed by atoms with Gasteiger partial charge in [-0.05, 0) is 30.9 Å². The number of fused-ring (bicyclic) bond motifs is 1. The Morgan fingerprint density at radius 1 is 1.33 bits per heavy atom. The van der Waals surface area contributed by atoms with Crippen LogP contribution in [0, 0.1) is 5.92 Å². The second kappa shape index (κ2) is 7.57. The van der Waals surface area contributed by atoms with Crippen LogP contribution >= 0.6 is 0 Å². The number of nitrogens with one attached hydrogen (secondary N) is 2. The van der Waals surface area contributed by atoms with E-state index in [4.69, 9.17) is 4.74 Å². The van der Waals surface area contributed by atoms with E-state index in [-0.39, 0.29) is 17.5 Å². The lowest BCUT2D eigenvalue weighted by Gasteiger charge is -2.28. The average molecular weight is 329 g/mol. The Bertz CT molecular complexity index is 771. The number of carbonyl (C=O) groups excluding carboxylic acids is 1. The van der Waals surface area contributed by atoms with Gasteiger partial charge in [-0.15, -0.1) is 0 Å². The molecule has 1 aliphatic rings. The van der Waals surface area contributed by atoms with Gasteiger partial charge in [0.1, 0.15) is 0 Å². The van der Waals surface area contributed by atoms with Crippen LogP contribution in [0.1, 0.15) is 43.2 Å². The van der Waals surface area contributed by atoms with Gasteiger partial charge in [-0.2, -0.15) is 0 Å². The van der Waals surface area contributed by atoms with E-state index in [2.05, 4.69) is 22.2 Å². The van der Waals surface area contributed by atoms with Crippen molar-refractivity contribution < 1.29 is 9.53 Å². The number of hydrogen-bond acceptors (Lipinski definition) is 4. The third kappa shape index (κ3) is 3.82. The van der Waals surface area contributed by atoms with Crippen LogP contribution in [0.25, 0.3) is 10.9 Å². The Hall–Kier alpha value is -2.21. The van der Waals surface area contributed by atoms with Crippen molar-refractivity contribution in [2.45, 2.75) is 38.7 Å². The fourth-order valence-electron chi connectivity index (χ4n) is 3.18. The third-order valence-electron chi connectivity index (χ3n) is 4.58. The van der Waals surface area contributed by atoms with Gasteiger partial charge in [0.15, 0.2) is 5.82 Å². The van der Waals surface area contributed by atoms with E-state index in [1.54, 1.807) is 24.3 Å². The van der Waals surface area contributed by atoms with E-state index < -0.39 is 5.91 Å². The van der Waals surface area contributed by atoms with Crippen molar-refractivity contribution in [3.63, 3.8) is 0 Å². The van der Waals surface area contributed by atoms with Crippen LogP contribution in [0.5, 0.6) is 0 Å². The van der Waals surface area contributed by atoms with Crippen LogP contribution in [-0.2, 0) is 4.74 Å². The van der Waals surface area contributed by atoms with Gasteiger partial charge in [-0.1, -0.05) is 31.9 Å². The number of para-hydroxylation sites is 1. The van der Waals surface area contributed by atoms with Crippen molar-refractivity contribution in [1.82, 2.24) is 15.3 Å². The van der Waals surface area contributed by atoms with Crippen LogP contribution in [0.3, 0.4) is 0 Å². The fraction of sp³-hybridized carbons (Fsp3) is 0.500. The molecule has 0 saturated heterocycles. The molecule has 1 heterocycles. The van der Waals surface area contributed by atoms with Gasteiger partial charge in [0.05, 0.1) is 23.6 Å². The number of aromatic nitrogens is 2. The van der Waals surface area contributed by atoms with E-state index in [1.807, 2.05) is 0 Å². The van der Waals surface area contributed by atoms with E-state index in [0.29, 0.717) is 30.0 Å². The minimum absolute atomic E-state index is 0.0322. The summed E-state index contributed by atoms with van der Waals surface area (Å²) in [5.41, 5.74) is 0.205. The summed E-state index contributed by atoms with van der Waals surface area (Å²) < 4.78 is 5.87. The van der Waals surface area contributed by atoms with Crippen molar-refractivity contribution in [2.24, 2.45) is 5.92 Å². The molecule has 1 aromatic heterocycles. The van der Waals surface area contributed by atoms with E-state index in [9.17, 15) is 9.59 Å². The van der Waals surface area contributed by atoms with Crippen molar-refractivity contribution in [3.8, 4) is 0 Å². The summed E-state index contributed by atoms with van der Waals surface area (Å²) >= 11 is 0.